The molecule has 2 amide bonds. The smallest absolute Gasteiger partial charge is 0.254 e. The molecule has 9 heteroatoms. The predicted molar refractivity (Wildman–Crippen MR) is 149 cm³/mol. The molecular weight excluding hydrogens is 504 g/mol. The fourth-order valence-electron chi connectivity index (χ4n) is 3.90. The van der Waals surface area contributed by atoms with Crippen LogP contribution in [0.15, 0.2) is 72.9 Å². The number of likely N-dealkylation sites (N-methyl/N-ethyl adjacent to an activating group) is 1. The Morgan fingerprint density at radius 2 is 1.61 bits per heavy atom. The van der Waals surface area contributed by atoms with Gasteiger partial charge in [0.05, 0.1) is 25.6 Å². The molecule has 0 saturated heterocycles. The number of imidazole rings is 1. The predicted octanol–water partition coefficient (Wildman–Crippen LogP) is 5.62. The summed E-state index contributed by atoms with van der Waals surface area (Å²) in [6.07, 6.45) is 1.81. The SMILES string of the molecule is CCN(CC(=O)Nc1nc(-c2ccc(Cl)cc2)cn1-c1cc(OC)cc(OC)c1)C(=O)c1ccc(C)cc1. The molecule has 0 unspecified atom stereocenters. The number of ether oxygens (including phenoxy) is 2. The molecule has 0 aliphatic heterocycles. The number of carbonyl (C=O) groups excluding carboxylic acids is 2. The second-order valence-electron chi connectivity index (χ2n) is 8.63. The van der Waals surface area contributed by atoms with E-state index in [1.54, 1.807) is 49.1 Å². The van der Waals surface area contributed by atoms with Gasteiger partial charge in [-0.05, 0) is 38.1 Å². The lowest BCUT2D eigenvalue weighted by Crippen LogP contribution is -2.38. The van der Waals surface area contributed by atoms with E-state index in [0.29, 0.717) is 40.0 Å². The highest BCUT2D eigenvalue weighted by Crippen LogP contribution is 2.30. The van der Waals surface area contributed by atoms with E-state index in [2.05, 4.69) is 10.3 Å². The molecule has 1 N–H and O–H groups in total. The topological polar surface area (TPSA) is 85.7 Å². The first-order chi connectivity index (χ1) is 18.3. The van der Waals surface area contributed by atoms with Gasteiger partial charge in [-0.15, -0.1) is 0 Å². The van der Waals surface area contributed by atoms with Crippen molar-refractivity contribution in [2.45, 2.75) is 13.8 Å². The van der Waals surface area contributed by atoms with E-state index in [1.165, 1.54) is 4.90 Å². The molecule has 0 aliphatic rings. The summed E-state index contributed by atoms with van der Waals surface area (Å²) < 4.78 is 12.6. The van der Waals surface area contributed by atoms with Crippen LogP contribution in [0, 0.1) is 6.92 Å². The summed E-state index contributed by atoms with van der Waals surface area (Å²) in [4.78, 5) is 32.3. The third-order valence-corrected chi connectivity index (χ3v) is 6.27. The van der Waals surface area contributed by atoms with Crippen LogP contribution in [0.5, 0.6) is 11.5 Å². The number of carbonyl (C=O) groups is 2. The van der Waals surface area contributed by atoms with Crippen LogP contribution in [0.1, 0.15) is 22.8 Å². The lowest BCUT2D eigenvalue weighted by atomic mass is 10.1. The lowest BCUT2D eigenvalue weighted by Gasteiger charge is -2.20. The van der Waals surface area contributed by atoms with Crippen molar-refractivity contribution in [3.05, 3.63) is 89.1 Å². The second-order valence-corrected chi connectivity index (χ2v) is 9.07. The van der Waals surface area contributed by atoms with E-state index in [9.17, 15) is 9.59 Å². The van der Waals surface area contributed by atoms with E-state index in [0.717, 1.165) is 11.1 Å². The quantitative estimate of drug-likeness (QED) is 0.302. The van der Waals surface area contributed by atoms with Gasteiger partial charge in [-0.25, -0.2) is 4.98 Å². The Kier molecular flexibility index (Phi) is 8.33. The van der Waals surface area contributed by atoms with Crippen LogP contribution >= 0.6 is 11.6 Å². The van der Waals surface area contributed by atoms with Crippen LogP contribution in [-0.4, -0.2) is 53.6 Å². The molecule has 0 radical (unpaired) electrons. The molecule has 0 bridgehead atoms. The molecule has 3 aromatic carbocycles. The van der Waals surface area contributed by atoms with E-state index in [4.69, 9.17) is 21.1 Å². The molecule has 1 aromatic heterocycles. The van der Waals surface area contributed by atoms with Crippen LogP contribution in [0.2, 0.25) is 5.02 Å². The van der Waals surface area contributed by atoms with Crippen LogP contribution in [0.4, 0.5) is 5.95 Å². The third-order valence-electron chi connectivity index (χ3n) is 6.01. The standard InChI is InChI=1S/C29H29ClN4O4/c1-5-33(28(36)21-8-6-19(2)7-9-21)18-27(35)32-29-31-26(20-10-12-22(30)13-11-20)17-34(29)23-14-24(37-3)16-25(15-23)38-4/h6-17H,5,18H2,1-4H3,(H,31,32,35). The fraction of sp³-hybridized carbons (Fsp3) is 0.207. The van der Waals surface area contributed by atoms with E-state index in [1.807, 2.05) is 56.4 Å². The number of nitrogens with zero attached hydrogens (tertiary/aromatic N) is 3. The number of benzene rings is 3. The van der Waals surface area contributed by atoms with Gasteiger partial charge in [-0.2, -0.15) is 0 Å². The maximum absolute atomic E-state index is 13.2. The van der Waals surface area contributed by atoms with E-state index >= 15 is 0 Å². The van der Waals surface area contributed by atoms with E-state index in [-0.39, 0.29) is 24.3 Å². The van der Waals surface area contributed by atoms with Gasteiger partial charge in [0.25, 0.3) is 5.91 Å². The summed E-state index contributed by atoms with van der Waals surface area (Å²) >= 11 is 6.06. The summed E-state index contributed by atoms with van der Waals surface area (Å²) in [6, 6.07) is 19.9. The maximum Gasteiger partial charge on any atom is 0.254 e. The molecule has 0 saturated carbocycles. The molecule has 0 aliphatic carbocycles. The zero-order chi connectivity index (χ0) is 27.2. The fourth-order valence-corrected chi connectivity index (χ4v) is 4.03. The number of aromatic nitrogens is 2. The first-order valence-corrected chi connectivity index (χ1v) is 12.4. The first kappa shape index (κ1) is 26.8. The van der Waals surface area contributed by atoms with Gasteiger partial charge in [0, 0.05) is 47.1 Å². The van der Waals surface area contributed by atoms with Crippen LogP contribution < -0.4 is 14.8 Å². The molecule has 0 atom stereocenters. The summed E-state index contributed by atoms with van der Waals surface area (Å²) in [7, 11) is 3.14. The number of hydrogen-bond donors (Lipinski definition) is 1. The Balaban J connectivity index is 1.65. The normalized spacial score (nSPS) is 10.7. The summed E-state index contributed by atoms with van der Waals surface area (Å²) in [5.41, 5.74) is 3.71. The van der Waals surface area contributed by atoms with Gasteiger partial charge < -0.3 is 14.4 Å². The second kappa shape index (κ2) is 11.8. The van der Waals surface area contributed by atoms with E-state index < -0.39 is 0 Å². The molecular formula is C29H29ClN4O4. The zero-order valence-electron chi connectivity index (χ0n) is 21.7. The van der Waals surface area contributed by atoms with Gasteiger partial charge >= 0.3 is 0 Å². The highest BCUT2D eigenvalue weighted by Gasteiger charge is 2.20. The van der Waals surface area contributed by atoms with Crippen molar-refractivity contribution in [2.75, 3.05) is 32.6 Å². The lowest BCUT2D eigenvalue weighted by molar-refractivity contribution is -0.116. The Morgan fingerprint density at radius 3 is 2.18 bits per heavy atom. The first-order valence-electron chi connectivity index (χ1n) is 12.1. The number of methoxy groups -OCH3 is 2. The Bertz CT molecular complexity index is 1410. The summed E-state index contributed by atoms with van der Waals surface area (Å²) in [6.45, 7) is 4.03. The number of amides is 2. The maximum atomic E-state index is 13.2. The summed E-state index contributed by atoms with van der Waals surface area (Å²) in [5.74, 6) is 0.856. The number of anilines is 1. The molecule has 0 fully saturated rings. The Hall–Kier alpha value is -4.30. The number of rotatable bonds is 9. The molecule has 4 rings (SSSR count). The number of aryl methyl sites for hydroxylation is 1. The van der Waals surface area contributed by atoms with Crippen LogP contribution in [0.3, 0.4) is 0 Å². The Labute approximate surface area is 226 Å². The van der Waals surface area contributed by atoms with Crippen LogP contribution in [-0.2, 0) is 4.79 Å². The van der Waals surface area contributed by atoms with Crippen molar-refractivity contribution in [1.82, 2.24) is 14.5 Å². The molecule has 38 heavy (non-hydrogen) atoms. The molecule has 4 aromatic rings. The van der Waals surface area contributed by atoms with Crippen molar-refractivity contribution in [3.63, 3.8) is 0 Å². The number of nitrogens with one attached hydrogen (secondary N) is 1. The minimum absolute atomic E-state index is 0.131. The Morgan fingerprint density at radius 1 is 0.974 bits per heavy atom. The van der Waals surface area contributed by atoms with Crippen LogP contribution in [0.25, 0.3) is 16.9 Å². The van der Waals surface area contributed by atoms with Gasteiger partial charge in [0.1, 0.15) is 18.0 Å². The van der Waals surface area contributed by atoms with Gasteiger partial charge in [0.2, 0.25) is 11.9 Å². The molecule has 0 spiro atoms. The van der Waals surface area contributed by atoms with Crippen molar-refractivity contribution < 1.29 is 19.1 Å². The van der Waals surface area contributed by atoms with Gasteiger partial charge in [-0.3, -0.25) is 19.5 Å². The average Bonchev–Trinajstić information content (AvgIpc) is 3.35. The highest BCUT2D eigenvalue weighted by atomic mass is 35.5. The third kappa shape index (κ3) is 6.15. The van der Waals surface area contributed by atoms with Crippen molar-refractivity contribution in [1.29, 1.82) is 0 Å². The minimum Gasteiger partial charge on any atom is -0.497 e. The highest BCUT2D eigenvalue weighted by molar-refractivity contribution is 6.30. The minimum atomic E-state index is -0.378. The van der Waals surface area contributed by atoms with Gasteiger partial charge in [0.15, 0.2) is 0 Å². The molecule has 8 nitrogen and oxygen atoms in total. The van der Waals surface area contributed by atoms with Crippen molar-refractivity contribution >= 4 is 29.4 Å². The van der Waals surface area contributed by atoms with Crippen molar-refractivity contribution in [3.8, 4) is 28.4 Å². The zero-order valence-corrected chi connectivity index (χ0v) is 22.5. The largest absolute Gasteiger partial charge is 0.497 e. The average molecular weight is 533 g/mol. The monoisotopic (exact) mass is 532 g/mol. The number of hydrogen-bond acceptors (Lipinski definition) is 5. The van der Waals surface area contributed by atoms with Gasteiger partial charge in [-0.1, -0.05) is 41.4 Å². The molecule has 196 valence electrons. The molecule has 1 heterocycles. The summed E-state index contributed by atoms with van der Waals surface area (Å²) in [5, 5.41) is 3.49. The van der Waals surface area contributed by atoms with Crippen molar-refractivity contribution in [2.24, 2.45) is 0 Å². The number of halogens is 1.